The van der Waals surface area contributed by atoms with Crippen LogP contribution in [0, 0.1) is 0 Å². The predicted molar refractivity (Wildman–Crippen MR) is 62.7 cm³/mol. The van der Waals surface area contributed by atoms with Crippen LogP contribution in [-0.4, -0.2) is 20.1 Å². The van der Waals surface area contributed by atoms with Crippen LogP contribution in [0.15, 0.2) is 24.3 Å². The van der Waals surface area contributed by atoms with E-state index in [0.29, 0.717) is 6.04 Å². The van der Waals surface area contributed by atoms with Crippen molar-refractivity contribution in [2.45, 2.75) is 25.8 Å². The molecule has 0 saturated heterocycles. The monoisotopic (exact) mass is 192 g/mol. The van der Waals surface area contributed by atoms with Crippen LogP contribution >= 0.6 is 0 Å². The summed E-state index contributed by atoms with van der Waals surface area (Å²) in [4.78, 5) is 2.10. The zero-order valence-corrected chi connectivity index (χ0v) is 9.33. The summed E-state index contributed by atoms with van der Waals surface area (Å²) in [6.45, 7) is 2.12. The minimum absolute atomic E-state index is 0.292. The maximum atomic E-state index is 5.89. The normalized spacial score (nSPS) is 12.6. The van der Waals surface area contributed by atoms with Crippen LogP contribution in [0.5, 0.6) is 0 Å². The first kappa shape index (κ1) is 11.1. The maximum Gasteiger partial charge on any atom is 0.0361 e. The summed E-state index contributed by atoms with van der Waals surface area (Å²) in [5.74, 6) is 0. The van der Waals surface area contributed by atoms with Gasteiger partial charge < -0.3 is 10.6 Å². The molecule has 0 aromatic heterocycles. The van der Waals surface area contributed by atoms with Crippen molar-refractivity contribution in [3.05, 3.63) is 29.8 Å². The van der Waals surface area contributed by atoms with Crippen LogP contribution < -0.4 is 10.6 Å². The average molecular weight is 192 g/mol. The van der Waals surface area contributed by atoms with Gasteiger partial charge in [-0.25, -0.2) is 0 Å². The number of hydrogen-bond donors (Lipinski definition) is 1. The van der Waals surface area contributed by atoms with Gasteiger partial charge in [0.05, 0.1) is 0 Å². The molecule has 2 nitrogen and oxygen atoms in total. The predicted octanol–water partition coefficient (Wildman–Crippen LogP) is 2.03. The van der Waals surface area contributed by atoms with Crippen LogP contribution in [0.1, 0.15) is 18.9 Å². The Balaban J connectivity index is 2.64. The van der Waals surface area contributed by atoms with Crippen LogP contribution in [0.25, 0.3) is 0 Å². The van der Waals surface area contributed by atoms with Crippen LogP contribution in [0.3, 0.4) is 0 Å². The zero-order chi connectivity index (χ0) is 10.6. The van der Waals surface area contributed by atoms with Crippen LogP contribution in [0.2, 0.25) is 0 Å². The summed E-state index contributed by atoms with van der Waals surface area (Å²) in [5.41, 5.74) is 8.45. The minimum Gasteiger partial charge on any atom is -0.378 e. The van der Waals surface area contributed by atoms with E-state index in [9.17, 15) is 0 Å². The molecule has 0 aliphatic rings. The van der Waals surface area contributed by atoms with Crippen molar-refractivity contribution in [1.82, 2.24) is 0 Å². The second-order valence-electron chi connectivity index (χ2n) is 3.93. The average Bonchev–Trinajstić information content (AvgIpc) is 2.18. The molecule has 14 heavy (non-hydrogen) atoms. The summed E-state index contributed by atoms with van der Waals surface area (Å²) in [5, 5.41) is 0. The van der Waals surface area contributed by atoms with Crippen molar-refractivity contribution in [3.8, 4) is 0 Å². The highest BCUT2D eigenvalue weighted by Gasteiger charge is 2.01. The van der Waals surface area contributed by atoms with E-state index in [2.05, 4.69) is 36.1 Å². The fraction of sp³-hybridized carbons (Fsp3) is 0.500. The van der Waals surface area contributed by atoms with Gasteiger partial charge >= 0.3 is 0 Å². The number of nitrogens with zero attached hydrogens (tertiary/aromatic N) is 1. The summed E-state index contributed by atoms with van der Waals surface area (Å²) in [7, 11) is 4.10. The van der Waals surface area contributed by atoms with Gasteiger partial charge in [-0.15, -0.1) is 0 Å². The largest absolute Gasteiger partial charge is 0.378 e. The molecule has 0 fully saturated rings. The summed E-state index contributed by atoms with van der Waals surface area (Å²) < 4.78 is 0. The third-order valence-corrected chi connectivity index (χ3v) is 2.48. The minimum atomic E-state index is 0.292. The third-order valence-electron chi connectivity index (χ3n) is 2.48. The number of anilines is 1. The lowest BCUT2D eigenvalue weighted by atomic mass is 10.0. The molecule has 1 aromatic carbocycles. The Bertz CT molecular complexity index is 264. The molecule has 0 spiro atoms. The molecule has 0 heterocycles. The highest BCUT2D eigenvalue weighted by Crippen LogP contribution is 2.13. The molecule has 1 rings (SSSR count). The van der Waals surface area contributed by atoms with Gasteiger partial charge in [0.2, 0.25) is 0 Å². The third kappa shape index (κ3) is 3.04. The molecule has 0 aliphatic heterocycles. The molecule has 0 amide bonds. The van der Waals surface area contributed by atoms with Gasteiger partial charge in [0.1, 0.15) is 0 Å². The first-order valence-electron chi connectivity index (χ1n) is 5.15. The van der Waals surface area contributed by atoms with E-state index >= 15 is 0 Å². The molecule has 0 radical (unpaired) electrons. The smallest absolute Gasteiger partial charge is 0.0361 e. The van der Waals surface area contributed by atoms with Gasteiger partial charge in [-0.05, 0) is 30.5 Å². The van der Waals surface area contributed by atoms with Crippen molar-refractivity contribution in [2.24, 2.45) is 5.73 Å². The van der Waals surface area contributed by atoms with Crippen molar-refractivity contribution in [1.29, 1.82) is 0 Å². The van der Waals surface area contributed by atoms with Gasteiger partial charge in [-0.2, -0.15) is 0 Å². The molecule has 2 N–H and O–H groups in total. The second kappa shape index (κ2) is 5.01. The maximum absolute atomic E-state index is 5.89. The van der Waals surface area contributed by atoms with Crippen LogP contribution in [-0.2, 0) is 6.42 Å². The molecule has 0 bridgehead atoms. The molecule has 78 valence electrons. The fourth-order valence-corrected chi connectivity index (χ4v) is 1.38. The van der Waals surface area contributed by atoms with Gasteiger partial charge in [0.25, 0.3) is 0 Å². The van der Waals surface area contributed by atoms with Gasteiger partial charge in [0, 0.05) is 25.8 Å². The first-order valence-corrected chi connectivity index (χ1v) is 5.15. The molecular formula is C12H20N2. The SMILES string of the molecule is CCC(N)Cc1ccc(N(C)C)cc1. The van der Waals surface area contributed by atoms with Crippen molar-refractivity contribution < 1.29 is 0 Å². The van der Waals surface area contributed by atoms with Gasteiger partial charge in [0.15, 0.2) is 0 Å². The van der Waals surface area contributed by atoms with E-state index in [1.54, 1.807) is 0 Å². The molecule has 1 aromatic rings. The lowest BCUT2D eigenvalue weighted by Gasteiger charge is -2.13. The van der Waals surface area contributed by atoms with Crippen molar-refractivity contribution >= 4 is 5.69 Å². The number of benzene rings is 1. The summed E-state index contributed by atoms with van der Waals surface area (Å²) >= 11 is 0. The lowest BCUT2D eigenvalue weighted by molar-refractivity contribution is 0.646. The summed E-state index contributed by atoms with van der Waals surface area (Å²) in [6.07, 6.45) is 2.01. The molecule has 0 aliphatic carbocycles. The van der Waals surface area contributed by atoms with E-state index in [1.807, 2.05) is 14.1 Å². The molecule has 2 heteroatoms. The molecular weight excluding hydrogens is 172 g/mol. The highest BCUT2D eigenvalue weighted by molar-refractivity contribution is 5.46. The highest BCUT2D eigenvalue weighted by atomic mass is 15.1. The Hall–Kier alpha value is -1.02. The van der Waals surface area contributed by atoms with Gasteiger partial charge in [-0.3, -0.25) is 0 Å². The standard InChI is InChI=1S/C12H20N2/c1-4-11(13)9-10-5-7-12(8-6-10)14(2)3/h5-8,11H,4,9,13H2,1-3H3. The molecule has 0 saturated carbocycles. The quantitative estimate of drug-likeness (QED) is 0.791. The molecule has 1 atom stereocenters. The zero-order valence-electron chi connectivity index (χ0n) is 9.33. The van der Waals surface area contributed by atoms with Crippen molar-refractivity contribution in [2.75, 3.05) is 19.0 Å². The second-order valence-corrected chi connectivity index (χ2v) is 3.93. The Morgan fingerprint density at radius 2 is 1.79 bits per heavy atom. The molecule has 1 unspecified atom stereocenters. The lowest BCUT2D eigenvalue weighted by Crippen LogP contribution is -2.21. The Labute approximate surface area is 86.7 Å². The number of rotatable bonds is 4. The van der Waals surface area contributed by atoms with E-state index in [0.717, 1.165) is 12.8 Å². The fourth-order valence-electron chi connectivity index (χ4n) is 1.38. The number of hydrogen-bond acceptors (Lipinski definition) is 2. The Morgan fingerprint density at radius 1 is 1.21 bits per heavy atom. The van der Waals surface area contributed by atoms with E-state index in [-0.39, 0.29) is 0 Å². The van der Waals surface area contributed by atoms with E-state index < -0.39 is 0 Å². The van der Waals surface area contributed by atoms with Crippen LogP contribution in [0.4, 0.5) is 5.69 Å². The topological polar surface area (TPSA) is 29.3 Å². The Morgan fingerprint density at radius 3 is 2.21 bits per heavy atom. The number of nitrogens with two attached hydrogens (primary N) is 1. The van der Waals surface area contributed by atoms with E-state index in [4.69, 9.17) is 5.73 Å². The first-order chi connectivity index (χ1) is 6.63. The Kier molecular flexibility index (Phi) is 3.96. The van der Waals surface area contributed by atoms with Crippen molar-refractivity contribution in [3.63, 3.8) is 0 Å². The van der Waals surface area contributed by atoms with E-state index in [1.165, 1.54) is 11.3 Å². The summed E-state index contributed by atoms with van der Waals surface area (Å²) in [6, 6.07) is 8.88. The van der Waals surface area contributed by atoms with Gasteiger partial charge in [-0.1, -0.05) is 19.1 Å².